The van der Waals surface area contributed by atoms with Crippen LogP contribution in [0.1, 0.15) is 0 Å². The third kappa shape index (κ3) is 5.70. The molecule has 0 fully saturated rings. The molecule has 0 amide bonds. The van der Waals surface area contributed by atoms with Gasteiger partial charge in [-0.25, -0.2) is 0 Å². The van der Waals surface area contributed by atoms with Gasteiger partial charge in [0.05, 0.1) is 0 Å². The number of rotatable bonds is 9. The number of hydrogen-bond acceptors (Lipinski definition) is 8. The van der Waals surface area contributed by atoms with Gasteiger partial charge in [-0.2, -0.15) is 15.0 Å². The van der Waals surface area contributed by atoms with E-state index in [4.69, 9.17) is 11.6 Å². The van der Waals surface area contributed by atoms with E-state index in [1.165, 1.54) is 11.8 Å². The molecule has 178 valence electrons. The van der Waals surface area contributed by atoms with Crippen molar-refractivity contribution in [1.29, 1.82) is 0 Å². The van der Waals surface area contributed by atoms with Crippen molar-refractivity contribution in [2.24, 2.45) is 0 Å². The molecule has 10 heteroatoms. The molecule has 0 saturated heterocycles. The average Bonchev–Trinajstić information content (AvgIpc) is 3.28. The number of nitrogens with zero attached hydrogens (tertiary/aromatic N) is 6. The zero-order chi connectivity index (χ0) is 24.7. The average molecular weight is 513 g/mol. The first-order valence-electron chi connectivity index (χ1n) is 11.1. The minimum absolute atomic E-state index is 0.407. The van der Waals surface area contributed by atoms with Crippen molar-refractivity contribution < 1.29 is 0 Å². The number of halogens is 1. The molecule has 2 heterocycles. The molecule has 5 rings (SSSR count). The van der Waals surface area contributed by atoms with Crippen LogP contribution in [-0.2, 0) is 6.54 Å². The number of anilines is 4. The van der Waals surface area contributed by atoms with Gasteiger partial charge in [-0.15, -0.1) is 16.8 Å². The van der Waals surface area contributed by atoms with Crippen molar-refractivity contribution in [2.45, 2.75) is 16.9 Å². The van der Waals surface area contributed by atoms with Crippen molar-refractivity contribution in [2.75, 3.05) is 10.6 Å². The quantitative estimate of drug-likeness (QED) is 0.213. The van der Waals surface area contributed by atoms with Crippen molar-refractivity contribution >= 4 is 46.6 Å². The van der Waals surface area contributed by atoms with Gasteiger partial charge in [0.15, 0.2) is 11.0 Å². The number of benzene rings is 3. The second-order valence-corrected chi connectivity index (χ2v) is 8.93. The Morgan fingerprint density at radius 1 is 0.778 bits per heavy atom. The molecule has 2 aromatic heterocycles. The summed E-state index contributed by atoms with van der Waals surface area (Å²) < 4.78 is 1.96. The lowest BCUT2D eigenvalue weighted by Crippen LogP contribution is -2.06. The first-order chi connectivity index (χ1) is 17.7. The van der Waals surface area contributed by atoms with Crippen LogP contribution in [0.25, 0.3) is 11.4 Å². The van der Waals surface area contributed by atoms with Crippen LogP contribution < -0.4 is 10.6 Å². The number of hydrogen-bond donors (Lipinski definition) is 2. The molecule has 0 aliphatic carbocycles. The summed E-state index contributed by atoms with van der Waals surface area (Å²) in [4.78, 5) is 13.8. The zero-order valence-electron chi connectivity index (χ0n) is 19.0. The molecule has 0 bridgehead atoms. The molecule has 8 nitrogen and oxygen atoms in total. The molecule has 0 saturated carbocycles. The fraction of sp³-hybridized carbons (Fsp3) is 0.0385. The standard InChI is InChI=1S/C26H21ClN8S/c1-2-17-35-22(18-13-15-19(27)16-14-18)33-34-26(35)36-25-31-23(28-20-9-5-3-6-10-20)30-24(32-25)29-21-11-7-4-8-12-21/h2-16H,1,17H2,(H2,28,29,30,31,32). The summed E-state index contributed by atoms with van der Waals surface area (Å²) >= 11 is 7.36. The highest BCUT2D eigenvalue weighted by molar-refractivity contribution is 7.99. The molecular weight excluding hydrogens is 492 g/mol. The minimum Gasteiger partial charge on any atom is -0.324 e. The first-order valence-corrected chi connectivity index (χ1v) is 12.3. The second-order valence-electron chi connectivity index (χ2n) is 7.56. The molecular formula is C26H21ClN8S. The third-order valence-corrected chi connectivity index (χ3v) is 6.09. The van der Waals surface area contributed by atoms with Crippen LogP contribution in [0.2, 0.25) is 5.02 Å². The van der Waals surface area contributed by atoms with E-state index in [1.807, 2.05) is 89.5 Å². The summed E-state index contributed by atoms with van der Waals surface area (Å²) in [7, 11) is 0. The molecule has 0 radical (unpaired) electrons. The molecule has 2 N–H and O–H groups in total. The highest BCUT2D eigenvalue weighted by atomic mass is 35.5. The molecule has 0 spiro atoms. The largest absolute Gasteiger partial charge is 0.324 e. The van der Waals surface area contributed by atoms with Crippen LogP contribution >= 0.6 is 23.4 Å². The van der Waals surface area contributed by atoms with Crippen LogP contribution in [0.4, 0.5) is 23.3 Å². The molecule has 36 heavy (non-hydrogen) atoms. The van der Waals surface area contributed by atoms with Gasteiger partial charge >= 0.3 is 0 Å². The number of nitrogens with one attached hydrogen (secondary N) is 2. The van der Waals surface area contributed by atoms with Crippen molar-refractivity contribution in [1.82, 2.24) is 29.7 Å². The zero-order valence-corrected chi connectivity index (χ0v) is 20.6. The Labute approximate surface area is 217 Å². The monoisotopic (exact) mass is 512 g/mol. The fourth-order valence-corrected chi connectivity index (χ4v) is 4.27. The molecule has 3 aromatic carbocycles. The maximum absolute atomic E-state index is 6.06. The molecule has 0 aliphatic rings. The fourth-order valence-electron chi connectivity index (χ4n) is 3.37. The van der Waals surface area contributed by atoms with Gasteiger partial charge in [-0.1, -0.05) is 54.1 Å². The Morgan fingerprint density at radius 3 is 1.92 bits per heavy atom. The van der Waals surface area contributed by atoms with Crippen molar-refractivity contribution in [3.8, 4) is 11.4 Å². The Balaban J connectivity index is 1.49. The van der Waals surface area contributed by atoms with E-state index in [2.05, 4.69) is 42.4 Å². The lowest BCUT2D eigenvalue weighted by Gasteiger charge is -2.11. The van der Waals surface area contributed by atoms with E-state index in [0.717, 1.165) is 16.9 Å². The van der Waals surface area contributed by atoms with Gasteiger partial charge in [0.1, 0.15) is 0 Å². The SMILES string of the molecule is C=CCn1c(Sc2nc(Nc3ccccc3)nc(Nc3ccccc3)n2)nnc1-c1ccc(Cl)cc1. The van der Waals surface area contributed by atoms with E-state index in [9.17, 15) is 0 Å². The normalized spacial score (nSPS) is 10.7. The minimum atomic E-state index is 0.407. The summed E-state index contributed by atoms with van der Waals surface area (Å²) in [5, 5.41) is 17.1. The topological polar surface area (TPSA) is 93.4 Å². The number of para-hydroxylation sites is 2. The smallest absolute Gasteiger partial charge is 0.233 e. The maximum Gasteiger partial charge on any atom is 0.233 e. The predicted octanol–water partition coefficient (Wildman–Crippen LogP) is 6.61. The Morgan fingerprint density at radius 2 is 1.36 bits per heavy atom. The summed E-state index contributed by atoms with van der Waals surface area (Å²) in [6.07, 6.45) is 1.80. The molecule has 0 aliphatic heterocycles. The van der Waals surface area contributed by atoms with E-state index in [-0.39, 0.29) is 0 Å². The second kappa shape index (κ2) is 11.0. The predicted molar refractivity (Wildman–Crippen MR) is 144 cm³/mol. The van der Waals surface area contributed by atoms with Crippen LogP contribution in [0.3, 0.4) is 0 Å². The van der Waals surface area contributed by atoms with Crippen LogP contribution in [0.5, 0.6) is 0 Å². The van der Waals surface area contributed by atoms with Gasteiger partial charge in [0, 0.05) is 28.5 Å². The summed E-state index contributed by atoms with van der Waals surface area (Å²) in [5.74, 6) is 1.52. The van der Waals surface area contributed by atoms with Crippen molar-refractivity contribution in [3.63, 3.8) is 0 Å². The Kier molecular flexibility index (Phi) is 7.20. The third-order valence-electron chi connectivity index (χ3n) is 4.99. The van der Waals surface area contributed by atoms with Crippen LogP contribution in [0.15, 0.2) is 108 Å². The highest BCUT2D eigenvalue weighted by Gasteiger charge is 2.17. The van der Waals surface area contributed by atoms with Crippen LogP contribution in [0, 0.1) is 0 Å². The summed E-state index contributed by atoms with van der Waals surface area (Å²) in [6, 6.07) is 26.9. The maximum atomic E-state index is 6.06. The van der Waals surface area contributed by atoms with Gasteiger partial charge in [-0.3, -0.25) is 4.57 Å². The van der Waals surface area contributed by atoms with Crippen LogP contribution in [-0.4, -0.2) is 29.7 Å². The lowest BCUT2D eigenvalue weighted by molar-refractivity contribution is 0.728. The van der Waals surface area contributed by atoms with Gasteiger partial charge < -0.3 is 10.6 Å². The van der Waals surface area contributed by atoms with Crippen molar-refractivity contribution in [3.05, 3.63) is 103 Å². The van der Waals surface area contributed by atoms with Gasteiger partial charge in [-0.05, 0) is 60.3 Å². The lowest BCUT2D eigenvalue weighted by atomic mass is 10.2. The van der Waals surface area contributed by atoms with E-state index < -0.39 is 0 Å². The molecule has 5 aromatic rings. The summed E-state index contributed by atoms with van der Waals surface area (Å²) in [5.41, 5.74) is 2.63. The first kappa shape index (κ1) is 23.5. The Bertz CT molecular complexity index is 1400. The van der Waals surface area contributed by atoms with E-state index in [1.54, 1.807) is 6.08 Å². The summed E-state index contributed by atoms with van der Waals surface area (Å²) in [6.45, 7) is 4.40. The number of allylic oxidation sites excluding steroid dienone is 1. The highest BCUT2D eigenvalue weighted by Crippen LogP contribution is 2.30. The van der Waals surface area contributed by atoms with E-state index >= 15 is 0 Å². The van der Waals surface area contributed by atoms with Gasteiger partial charge in [0.2, 0.25) is 17.1 Å². The van der Waals surface area contributed by atoms with E-state index in [0.29, 0.717) is 39.6 Å². The number of aromatic nitrogens is 6. The molecule has 0 atom stereocenters. The van der Waals surface area contributed by atoms with Gasteiger partial charge in [0.25, 0.3) is 0 Å². The molecule has 0 unspecified atom stereocenters. The Hall–Kier alpha value is -4.21.